The molecule has 1 aliphatic rings. The van der Waals surface area contributed by atoms with E-state index in [1.165, 1.54) is 6.07 Å². The number of nitrogens with zero attached hydrogens (tertiary/aromatic N) is 2. The first-order chi connectivity index (χ1) is 12.7. The Labute approximate surface area is 154 Å². The van der Waals surface area contributed by atoms with E-state index in [4.69, 9.17) is 9.47 Å². The molecule has 0 unspecified atom stereocenters. The highest BCUT2D eigenvalue weighted by Crippen LogP contribution is 2.28. The third kappa shape index (κ3) is 5.13. The van der Waals surface area contributed by atoms with E-state index in [9.17, 15) is 4.39 Å². The third-order valence-electron chi connectivity index (χ3n) is 4.98. The molecule has 1 N–H and O–H groups in total. The number of imidazole rings is 1. The van der Waals surface area contributed by atoms with E-state index in [2.05, 4.69) is 10.3 Å². The molecule has 26 heavy (non-hydrogen) atoms. The van der Waals surface area contributed by atoms with Crippen LogP contribution in [0.2, 0.25) is 0 Å². The monoisotopic (exact) mass is 361 g/mol. The molecule has 1 aromatic heterocycles. The molecule has 1 aromatic carbocycles. The van der Waals surface area contributed by atoms with E-state index in [1.54, 1.807) is 25.6 Å². The lowest BCUT2D eigenvalue weighted by Gasteiger charge is -2.33. The molecule has 3 rings (SSSR count). The number of aromatic nitrogens is 2. The summed E-state index contributed by atoms with van der Waals surface area (Å²) < 4.78 is 26.7. The van der Waals surface area contributed by atoms with Crippen molar-refractivity contribution in [1.29, 1.82) is 0 Å². The minimum Gasteiger partial charge on any atom is -0.385 e. The lowest BCUT2D eigenvalue weighted by Crippen LogP contribution is -2.44. The lowest BCUT2D eigenvalue weighted by atomic mass is 9.97. The Hall–Kier alpha value is -1.76. The van der Waals surface area contributed by atoms with Crippen LogP contribution in [0.5, 0.6) is 0 Å². The van der Waals surface area contributed by atoms with E-state index in [-0.39, 0.29) is 18.0 Å². The smallest absolute Gasteiger partial charge is 0.123 e. The van der Waals surface area contributed by atoms with Gasteiger partial charge >= 0.3 is 0 Å². The molecule has 0 aliphatic carbocycles. The molecule has 2 heterocycles. The van der Waals surface area contributed by atoms with Gasteiger partial charge in [-0.05, 0) is 43.4 Å². The van der Waals surface area contributed by atoms with E-state index < -0.39 is 0 Å². The SMILES string of the molecule is COCC[C@H](Cc1cccc(F)c1)N[C@H]1CCO[C@H](c2cncn2C)C1. The first kappa shape index (κ1) is 19.0. The van der Waals surface area contributed by atoms with Crippen molar-refractivity contribution < 1.29 is 13.9 Å². The fourth-order valence-electron chi connectivity index (χ4n) is 3.62. The van der Waals surface area contributed by atoms with E-state index in [0.29, 0.717) is 12.6 Å². The number of rotatable bonds is 8. The largest absolute Gasteiger partial charge is 0.385 e. The van der Waals surface area contributed by atoms with Crippen LogP contribution >= 0.6 is 0 Å². The molecule has 142 valence electrons. The molecule has 0 amide bonds. The molecule has 1 saturated heterocycles. The maximum Gasteiger partial charge on any atom is 0.123 e. The highest BCUT2D eigenvalue weighted by molar-refractivity contribution is 5.17. The molecular weight excluding hydrogens is 333 g/mol. The Morgan fingerprint density at radius 3 is 3.08 bits per heavy atom. The number of aryl methyl sites for hydroxylation is 1. The first-order valence-corrected chi connectivity index (χ1v) is 9.23. The molecule has 0 spiro atoms. The van der Waals surface area contributed by atoms with Gasteiger partial charge in [0.25, 0.3) is 0 Å². The van der Waals surface area contributed by atoms with Crippen LogP contribution in [0, 0.1) is 5.82 Å². The summed E-state index contributed by atoms with van der Waals surface area (Å²) >= 11 is 0. The Balaban J connectivity index is 1.63. The second kappa shape index (κ2) is 9.26. The number of hydrogen-bond acceptors (Lipinski definition) is 4. The molecular formula is C20H28FN3O2. The zero-order chi connectivity index (χ0) is 18.4. The topological polar surface area (TPSA) is 48.3 Å². The summed E-state index contributed by atoms with van der Waals surface area (Å²) in [5.41, 5.74) is 2.11. The zero-order valence-corrected chi connectivity index (χ0v) is 15.5. The molecule has 3 atom stereocenters. The average Bonchev–Trinajstić information content (AvgIpc) is 3.06. The predicted octanol–water partition coefficient (Wildman–Crippen LogP) is 3.02. The zero-order valence-electron chi connectivity index (χ0n) is 15.5. The summed E-state index contributed by atoms with van der Waals surface area (Å²) in [5, 5.41) is 3.76. The van der Waals surface area contributed by atoms with Gasteiger partial charge in [0.2, 0.25) is 0 Å². The van der Waals surface area contributed by atoms with Crippen molar-refractivity contribution in [3.8, 4) is 0 Å². The molecule has 2 aromatic rings. The van der Waals surface area contributed by atoms with Crippen molar-refractivity contribution in [2.45, 2.75) is 43.9 Å². The number of ether oxygens (including phenoxy) is 2. The van der Waals surface area contributed by atoms with Gasteiger partial charge in [-0.25, -0.2) is 9.37 Å². The van der Waals surface area contributed by atoms with Crippen molar-refractivity contribution in [2.75, 3.05) is 20.3 Å². The molecule has 6 heteroatoms. The van der Waals surface area contributed by atoms with Gasteiger partial charge in [-0.2, -0.15) is 0 Å². The van der Waals surface area contributed by atoms with Crippen molar-refractivity contribution in [2.24, 2.45) is 7.05 Å². The quantitative estimate of drug-likeness (QED) is 0.785. The predicted molar refractivity (Wildman–Crippen MR) is 98.4 cm³/mol. The van der Waals surface area contributed by atoms with Gasteiger partial charge in [0.15, 0.2) is 0 Å². The van der Waals surface area contributed by atoms with Crippen LogP contribution in [0.1, 0.15) is 36.6 Å². The average molecular weight is 361 g/mol. The first-order valence-electron chi connectivity index (χ1n) is 9.23. The van der Waals surface area contributed by atoms with Crippen LogP contribution in [0.25, 0.3) is 0 Å². The summed E-state index contributed by atoms with van der Waals surface area (Å²) in [5.74, 6) is -0.185. The van der Waals surface area contributed by atoms with Gasteiger partial charge in [0.1, 0.15) is 11.9 Å². The van der Waals surface area contributed by atoms with Gasteiger partial charge in [-0.3, -0.25) is 0 Å². The second-order valence-electron chi connectivity index (χ2n) is 6.99. The minimum atomic E-state index is -0.185. The van der Waals surface area contributed by atoms with Gasteiger partial charge in [-0.1, -0.05) is 12.1 Å². The van der Waals surface area contributed by atoms with Crippen LogP contribution in [0.3, 0.4) is 0 Å². The highest BCUT2D eigenvalue weighted by Gasteiger charge is 2.27. The number of methoxy groups -OCH3 is 1. The van der Waals surface area contributed by atoms with E-state index >= 15 is 0 Å². The summed E-state index contributed by atoms with van der Waals surface area (Å²) in [4.78, 5) is 4.20. The van der Waals surface area contributed by atoms with Crippen LogP contribution < -0.4 is 5.32 Å². The van der Waals surface area contributed by atoms with Crippen LogP contribution in [0.15, 0.2) is 36.8 Å². The summed E-state index contributed by atoms with van der Waals surface area (Å²) in [6, 6.07) is 7.45. The lowest BCUT2D eigenvalue weighted by molar-refractivity contribution is -0.00625. The fraction of sp³-hybridized carbons (Fsp3) is 0.550. The molecule has 1 aliphatic heterocycles. The van der Waals surface area contributed by atoms with Gasteiger partial charge < -0.3 is 19.4 Å². The number of nitrogens with one attached hydrogen (secondary N) is 1. The van der Waals surface area contributed by atoms with Gasteiger partial charge in [-0.15, -0.1) is 0 Å². The molecule has 0 saturated carbocycles. The van der Waals surface area contributed by atoms with E-state index in [1.807, 2.05) is 23.9 Å². The summed E-state index contributed by atoms with van der Waals surface area (Å²) in [6.07, 6.45) is 7.30. The number of halogens is 1. The summed E-state index contributed by atoms with van der Waals surface area (Å²) in [6.45, 7) is 1.41. The van der Waals surface area contributed by atoms with E-state index in [0.717, 1.165) is 43.5 Å². The summed E-state index contributed by atoms with van der Waals surface area (Å²) in [7, 11) is 3.71. The minimum absolute atomic E-state index is 0.0611. The van der Waals surface area contributed by atoms with Gasteiger partial charge in [0, 0.05) is 39.5 Å². The molecule has 1 fully saturated rings. The third-order valence-corrected chi connectivity index (χ3v) is 4.98. The standard InChI is InChI=1S/C20H28FN3O2/c1-24-14-22-13-19(24)20-12-18(7-9-26-20)23-17(6-8-25-2)11-15-4-3-5-16(21)10-15/h3-5,10,13-14,17-18,20,23H,6-9,11-12H2,1-2H3/t17-,18+,20+/m1/s1. The molecule has 5 nitrogen and oxygen atoms in total. The van der Waals surface area contributed by atoms with Crippen molar-refractivity contribution in [1.82, 2.24) is 14.9 Å². The molecule has 0 bridgehead atoms. The van der Waals surface area contributed by atoms with Crippen LogP contribution in [-0.2, 0) is 22.9 Å². The Bertz CT molecular complexity index is 691. The van der Waals surface area contributed by atoms with Crippen LogP contribution in [0.4, 0.5) is 4.39 Å². The van der Waals surface area contributed by atoms with Crippen molar-refractivity contribution in [3.05, 3.63) is 53.9 Å². The van der Waals surface area contributed by atoms with Crippen molar-refractivity contribution in [3.63, 3.8) is 0 Å². The number of hydrogen-bond donors (Lipinski definition) is 1. The highest BCUT2D eigenvalue weighted by atomic mass is 19.1. The van der Waals surface area contributed by atoms with Gasteiger partial charge in [0.05, 0.1) is 18.2 Å². The normalized spacial score (nSPS) is 21.7. The Kier molecular flexibility index (Phi) is 6.77. The number of benzene rings is 1. The van der Waals surface area contributed by atoms with Crippen molar-refractivity contribution >= 4 is 0 Å². The maximum absolute atomic E-state index is 13.5. The fourth-order valence-corrected chi connectivity index (χ4v) is 3.62. The Morgan fingerprint density at radius 2 is 2.35 bits per heavy atom. The molecule has 0 radical (unpaired) electrons. The van der Waals surface area contributed by atoms with Crippen LogP contribution in [-0.4, -0.2) is 42.0 Å². The maximum atomic E-state index is 13.5. The second-order valence-corrected chi connectivity index (χ2v) is 6.99. The Morgan fingerprint density at radius 1 is 1.46 bits per heavy atom.